The second-order valence-electron chi connectivity index (χ2n) is 4.49. The van der Waals surface area contributed by atoms with Crippen molar-refractivity contribution < 1.29 is 4.74 Å². The van der Waals surface area contributed by atoms with E-state index in [1.165, 1.54) is 0 Å². The van der Waals surface area contributed by atoms with E-state index in [2.05, 4.69) is 11.9 Å². The van der Waals surface area contributed by atoms with Crippen molar-refractivity contribution >= 4 is 39.9 Å². The van der Waals surface area contributed by atoms with Gasteiger partial charge in [-0.1, -0.05) is 17.7 Å². The number of imidazole rings is 1. The molecule has 1 unspecified atom stereocenters. The summed E-state index contributed by atoms with van der Waals surface area (Å²) >= 11 is 7.57. The Labute approximate surface area is 125 Å². The van der Waals surface area contributed by atoms with Crippen molar-refractivity contribution in [2.24, 2.45) is 0 Å². The molecule has 0 saturated heterocycles. The molecule has 0 saturated carbocycles. The van der Waals surface area contributed by atoms with E-state index in [9.17, 15) is 0 Å². The SMILES string of the molecule is COc1cccc2c1nc(N)n2C(C)c1ccc(Cl)s1. The van der Waals surface area contributed by atoms with Gasteiger partial charge in [-0.15, -0.1) is 11.3 Å². The minimum absolute atomic E-state index is 0.0737. The minimum Gasteiger partial charge on any atom is -0.494 e. The second kappa shape index (κ2) is 5.00. The molecule has 6 heteroatoms. The molecule has 20 heavy (non-hydrogen) atoms. The van der Waals surface area contributed by atoms with Gasteiger partial charge in [0, 0.05) is 4.88 Å². The Kier molecular flexibility index (Phi) is 3.31. The van der Waals surface area contributed by atoms with Crippen LogP contribution in [0.25, 0.3) is 11.0 Å². The fraction of sp³-hybridized carbons (Fsp3) is 0.214. The molecule has 3 aromatic rings. The summed E-state index contributed by atoms with van der Waals surface area (Å²) in [6, 6.07) is 9.80. The van der Waals surface area contributed by atoms with Crippen LogP contribution in [0.1, 0.15) is 17.8 Å². The van der Waals surface area contributed by atoms with Gasteiger partial charge in [0.15, 0.2) is 0 Å². The van der Waals surface area contributed by atoms with Crippen LogP contribution < -0.4 is 10.5 Å². The highest BCUT2D eigenvalue weighted by atomic mass is 35.5. The Morgan fingerprint density at radius 2 is 2.15 bits per heavy atom. The fourth-order valence-electron chi connectivity index (χ4n) is 2.36. The number of methoxy groups -OCH3 is 1. The monoisotopic (exact) mass is 307 g/mol. The molecule has 2 aromatic heterocycles. The molecule has 3 rings (SSSR count). The standard InChI is InChI=1S/C14H14ClN3OS/c1-8(11-6-7-12(15)20-11)18-9-4-3-5-10(19-2)13(9)17-14(18)16/h3-8H,1-2H3,(H2,16,17). The van der Waals surface area contributed by atoms with Crippen molar-refractivity contribution in [2.75, 3.05) is 12.8 Å². The van der Waals surface area contributed by atoms with Crippen LogP contribution in [-0.4, -0.2) is 16.7 Å². The maximum absolute atomic E-state index is 6.09. The molecular weight excluding hydrogens is 294 g/mol. The van der Waals surface area contributed by atoms with Gasteiger partial charge in [0.05, 0.1) is 23.0 Å². The molecule has 0 aliphatic heterocycles. The largest absolute Gasteiger partial charge is 0.494 e. The summed E-state index contributed by atoms with van der Waals surface area (Å²) in [5.41, 5.74) is 7.83. The van der Waals surface area contributed by atoms with Gasteiger partial charge in [-0.05, 0) is 31.2 Å². The van der Waals surface area contributed by atoms with Crippen molar-refractivity contribution in [1.29, 1.82) is 0 Å². The smallest absolute Gasteiger partial charge is 0.201 e. The van der Waals surface area contributed by atoms with Crippen LogP contribution in [-0.2, 0) is 0 Å². The predicted octanol–water partition coefficient (Wildman–Crippen LogP) is 3.95. The van der Waals surface area contributed by atoms with E-state index in [1.54, 1.807) is 18.4 Å². The first-order valence-electron chi connectivity index (χ1n) is 6.17. The number of para-hydroxylation sites is 1. The Balaban J connectivity index is 2.18. The summed E-state index contributed by atoms with van der Waals surface area (Å²) in [7, 11) is 1.63. The zero-order chi connectivity index (χ0) is 14.3. The number of rotatable bonds is 3. The van der Waals surface area contributed by atoms with E-state index in [4.69, 9.17) is 22.1 Å². The summed E-state index contributed by atoms with van der Waals surface area (Å²) < 4.78 is 8.11. The van der Waals surface area contributed by atoms with E-state index in [0.29, 0.717) is 5.95 Å². The molecule has 0 aliphatic rings. The van der Waals surface area contributed by atoms with Gasteiger partial charge < -0.3 is 15.0 Å². The molecule has 0 amide bonds. The number of hydrogen-bond acceptors (Lipinski definition) is 4. The highest BCUT2D eigenvalue weighted by molar-refractivity contribution is 7.16. The van der Waals surface area contributed by atoms with Crippen LogP contribution in [0.4, 0.5) is 5.95 Å². The predicted molar refractivity (Wildman–Crippen MR) is 83.8 cm³/mol. The lowest BCUT2D eigenvalue weighted by Gasteiger charge is -2.14. The fourth-order valence-corrected chi connectivity index (χ4v) is 3.46. The van der Waals surface area contributed by atoms with Gasteiger partial charge in [-0.25, -0.2) is 4.98 Å². The van der Waals surface area contributed by atoms with Gasteiger partial charge in [0.2, 0.25) is 5.95 Å². The molecule has 0 aliphatic carbocycles. The van der Waals surface area contributed by atoms with Gasteiger partial charge in [0.1, 0.15) is 11.3 Å². The number of hydrogen-bond donors (Lipinski definition) is 1. The molecule has 0 fully saturated rings. The molecule has 1 atom stereocenters. The second-order valence-corrected chi connectivity index (χ2v) is 6.23. The molecule has 2 N–H and O–H groups in total. The summed E-state index contributed by atoms with van der Waals surface area (Å²) in [5.74, 6) is 1.20. The minimum atomic E-state index is 0.0737. The van der Waals surface area contributed by atoms with Gasteiger partial charge in [-0.2, -0.15) is 0 Å². The van der Waals surface area contributed by atoms with Gasteiger partial charge in [0.25, 0.3) is 0 Å². The average Bonchev–Trinajstić information content (AvgIpc) is 3.00. The van der Waals surface area contributed by atoms with E-state index in [0.717, 1.165) is 26.0 Å². The highest BCUT2D eigenvalue weighted by Crippen LogP contribution is 2.35. The number of nitrogens with two attached hydrogens (primary N) is 1. The molecule has 0 radical (unpaired) electrons. The Hall–Kier alpha value is -1.72. The maximum Gasteiger partial charge on any atom is 0.201 e. The highest BCUT2D eigenvalue weighted by Gasteiger charge is 2.18. The first-order chi connectivity index (χ1) is 9.61. The molecule has 1 aromatic carbocycles. The average molecular weight is 308 g/mol. The number of aromatic nitrogens is 2. The number of nitrogens with zero attached hydrogens (tertiary/aromatic N) is 2. The van der Waals surface area contributed by atoms with Crippen LogP contribution in [0.3, 0.4) is 0 Å². The Bertz CT molecular complexity index is 765. The third-order valence-electron chi connectivity index (χ3n) is 3.32. The van der Waals surface area contributed by atoms with E-state index < -0.39 is 0 Å². The van der Waals surface area contributed by atoms with Crippen LogP contribution in [0.15, 0.2) is 30.3 Å². The maximum atomic E-state index is 6.09. The lowest BCUT2D eigenvalue weighted by molar-refractivity contribution is 0.419. The summed E-state index contributed by atoms with van der Waals surface area (Å²) in [6.07, 6.45) is 0. The third kappa shape index (κ3) is 2.03. The molecule has 0 spiro atoms. The summed E-state index contributed by atoms with van der Waals surface area (Å²) in [5, 5.41) is 0. The first-order valence-corrected chi connectivity index (χ1v) is 7.37. The molecule has 104 valence electrons. The normalized spacial score (nSPS) is 12.8. The lowest BCUT2D eigenvalue weighted by atomic mass is 10.2. The van der Waals surface area contributed by atoms with Crippen LogP contribution in [0.2, 0.25) is 4.34 Å². The Morgan fingerprint density at radius 3 is 2.80 bits per heavy atom. The van der Waals surface area contributed by atoms with E-state index in [1.807, 2.05) is 34.9 Å². The third-order valence-corrected chi connectivity index (χ3v) is 4.72. The molecule has 0 bridgehead atoms. The number of benzene rings is 1. The Morgan fingerprint density at radius 1 is 1.35 bits per heavy atom. The number of nitrogen functional groups attached to an aromatic ring is 1. The van der Waals surface area contributed by atoms with E-state index in [-0.39, 0.29) is 6.04 Å². The van der Waals surface area contributed by atoms with Crippen LogP contribution >= 0.6 is 22.9 Å². The summed E-state index contributed by atoms with van der Waals surface area (Å²) in [4.78, 5) is 5.57. The molecular formula is C14H14ClN3OS. The van der Waals surface area contributed by atoms with Crippen molar-refractivity contribution in [2.45, 2.75) is 13.0 Å². The topological polar surface area (TPSA) is 53.1 Å². The first kappa shape index (κ1) is 13.3. The van der Waals surface area contributed by atoms with Crippen molar-refractivity contribution in [3.05, 3.63) is 39.5 Å². The number of halogens is 1. The lowest BCUT2D eigenvalue weighted by Crippen LogP contribution is -2.08. The number of anilines is 1. The van der Waals surface area contributed by atoms with Crippen LogP contribution in [0.5, 0.6) is 5.75 Å². The van der Waals surface area contributed by atoms with Crippen molar-refractivity contribution in [3.63, 3.8) is 0 Å². The molecule has 4 nitrogen and oxygen atoms in total. The molecule has 2 heterocycles. The number of thiophene rings is 1. The number of ether oxygens (including phenoxy) is 1. The van der Waals surface area contributed by atoms with Crippen molar-refractivity contribution in [1.82, 2.24) is 9.55 Å². The van der Waals surface area contributed by atoms with Crippen molar-refractivity contribution in [3.8, 4) is 5.75 Å². The zero-order valence-corrected chi connectivity index (χ0v) is 12.7. The van der Waals surface area contributed by atoms with E-state index >= 15 is 0 Å². The quantitative estimate of drug-likeness (QED) is 0.797. The number of fused-ring (bicyclic) bond motifs is 1. The van der Waals surface area contributed by atoms with Gasteiger partial charge >= 0.3 is 0 Å². The zero-order valence-electron chi connectivity index (χ0n) is 11.1. The van der Waals surface area contributed by atoms with Crippen LogP contribution in [0, 0.1) is 0 Å². The van der Waals surface area contributed by atoms with Gasteiger partial charge in [-0.3, -0.25) is 0 Å². The summed E-state index contributed by atoms with van der Waals surface area (Å²) in [6.45, 7) is 2.08.